The van der Waals surface area contributed by atoms with Crippen LogP contribution in [0.5, 0.6) is 0 Å². The summed E-state index contributed by atoms with van der Waals surface area (Å²) in [5.74, 6) is 0. The normalized spacial score (nSPS) is 10.2. The van der Waals surface area contributed by atoms with Crippen LogP contribution in [0.1, 0.15) is 5.56 Å². The van der Waals surface area contributed by atoms with Crippen LogP contribution in [0.25, 0.3) is 10.4 Å². The third kappa shape index (κ3) is 2.05. The van der Waals surface area contributed by atoms with Crippen LogP contribution in [0.4, 0.5) is 0 Å². The molecule has 0 radical (unpaired) electrons. The van der Waals surface area contributed by atoms with Gasteiger partial charge in [-0.2, -0.15) is 0 Å². The molecule has 1 aromatic carbocycles. The lowest BCUT2D eigenvalue weighted by Gasteiger charge is -1.96. The highest BCUT2D eigenvalue weighted by Crippen LogP contribution is 2.29. The maximum absolute atomic E-state index is 5.09. The van der Waals surface area contributed by atoms with Crippen molar-refractivity contribution < 1.29 is 0 Å². The van der Waals surface area contributed by atoms with Gasteiger partial charge in [0.15, 0.2) is 0 Å². The third-order valence-electron chi connectivity index (χ3n) is 1.77. The van der Waals surface area contributed by atoms with Gasteiger partial charge in [-0.3, -0.25) is 0 Å². The van der Waals surface area contributed by atoms with Gasteiger partial charge in [-0.25, -0.2) is 0 Å². The van der Waals surface area contributed by atoms with Gasteiger partial charge in [0.1, 0.15) is 3.82 Å². The monoisotopic (exact) mass is 224 g/mol. The minimum absolute atomic E-state index is 0.974. The van der Waals surface area contributed by atoms with Crippen LogP contribution in [-0.4, -0.2) is 0 Å². The predicted octanol–water partition coefficient (Wildman–Crippen LogP) is 4.51. The zero-order chi connectivity index (χ0) is 9.26. The summed E-state index contributed by atoms with van der Waals surface area (Å²) in [6.45, 7) is 2.11. The Balaban J connectivity index is 2.52. The molecule has 0 bridgehead atoms. The summed E-state index contributed by atoms with van der Waals surface area (Å²) in [7, 11) is 3.41. The molecule has 0 saturated heterocycles. The maximum atomic E-state index is 5.09. The molecule has 2 aromatic rings. The molecule has 0 N–H and O–H groups in total. The minimum Gasteiger partial charge on any atom is -0.0786 e. The van der Waals surface area contributed by atoms with Crippen molar-refractivity contribution in [2.75, 3.05) is 0 Å². The Hall–Kier alpha value is -0.510. The van der Waals surface area contributed by atoms with E-state index in [0.29, 0.717) is 0 Å². The first-order valence-electron chi connectivity index (χ1n) is 3.93. The lowest BCUT2D eigenvalue weighted by Crippen LogP contribution is -1.73. The van der Waals surface area contributed by atoms with Gasteiger partial charge in [-0.15, -0.1) is 0 Å². The van der Waals surface area contributed by atoms with Crippen LogP contribution in [0.2, 0.25) is 0 Å². The lowest BCUT2D eigenvalue weighted by atomic mass is 10.1. The van der Waals surface area contributed by atoms with Gasteiger partial charge in [0, 0.05) is 4.88 Å². The van der Waals surface area contributed by atoms with Gasteiger partial charge in [-0.1, -0.05) is 62.7 Å². The van der Waals surface area contributed by atoms with Crippen LogP contribution in [0.3, 0.4) is 0 Å². The van der Waals surface area contributed by atoms with E-state index in [4.69, 9.17) is 12.2 Å². The van der Waals surface area contributed by atoms with Crippen molar-refractivity contribution in [2.24, 2.45) is 0 Å². The lowest BCUT2D eigenvalue weighted by molar-refractivity contribution is 1.48. The molecule has 66 valence electrons. The molecule has 2 rings (SSSR count). The zero-order valence-corrected chi connectivity index (χ0v) is 9.56. The van der Waals surface area contributed by atoms with E-state index in [1.165, 1.54) is 16.0 Å². The van der Waals surface area contributed by atoms with E-state index in [1.54, 1.807) is 20.7 Å². The Bertz CT molecular complexity index is 465. The first kappa shape index (κ1) is 9.06. The van der Waals surface area contributed by atoms with Crippen molar-refractivity contribution in [3.05, 3.63) is 39.7 Å². The van der Waals surface area contributed by atoms with Crippen molar-refractivity contribution in [1.29, 1.82) is 0 Å². The Labute approximate surface area is 89.9 Å². The highest BCUT2D eigenvalue weighted by molar-refractivity contribution is 7.80. The Morgan fingerprint density at radius 1 is 1.15 bits per heavy atom. The Morgan fingerprint density at radius 2 is 2.00 bits per heavy atom. The second-order valence-electron chi connectivity index (χ2n) is 2.86. The molecular formula is C10H8S3. The number of benzene rings is 1. The molecule has 0 fully saturated rings. The fourth-order valence-electron chi connectivity index (χ4n) is 1.17. The molecule has 0 aliphatic rings. The smallest absolute Gasteiger partial charge is 0.0786 e. The Kier molecular flexibility index (Phi) is 2.58. The number of hydrogen-bond acceptors (Lipinski definition) is 3. The SMILES string of the molecule is Cc1cccc(-c2cc(=S)ss2)c1. The summed E-state index contributed by atoms with van der Waals surface area (Å²) in [6, 6.07) is 10.6. The van der Waals surface area contributed by atoms with Crippen LogP contribution >= 0.6 is 32.9 Å². The average Bonchev–Trinajstić information content (AvgIpc) is 2.52. The molecule has 0 unspecified atom stereocenters. The fraction of sp³-hybridized carbons (Fsp3) is 0.100. The molecule has 0 saturated carbocycles. The van der Waals surface area contributed by atoms with Gasteiger partial charge in [0.2, 0.25) is 0 Å². The second-order valence-corrected chi connectivity index (χ2v) is 5.78. The summed E-state index contributed by atoms with van der Waals surface area (Å²) in [5, 5.41) is 0. The largest absolute Gasteiger partial charge is 0.102 e. The maximum Gasteiger partial charge on any atom is 0.102 e. The quantitative estimate of drug-likeness (QED) is 0.507. The first-order valence-corrected chi connectivity index (χ1v) is 6.49. The van der Waals surface area contributed by atoms with Crippen molar-refractivity contribution in [3.63, 3.8) is 0 Å². The van der Waals surface area contributed by atoms with Crippen molar-refractivity contribution in [3.8, 4) is 10.4 Å². The molecular weight excluding hydrogens is 216 g/mol. The topological polar surface area (TPSA) is 0 Å². The molecule has 0 aliphatic carbocycles. The summed E-state index contributed by atoms with van der Waals surface area (Å²) in [4.78, 5) is 1.28. The summed E-state index contributed by atoms with van der Waals surface area (Å²) in [5.41, 5.74) is 2.57. The molecule has 1 aromatic heterocycles. The first-order chi connectivity index (χ1) is 6.25. The molecule has 0 nitrogen and oxygen atoms in total. The molecule has 0 aliphatic heterocycles. The molecule has 0 spiro atoms. The van der Waals surface area contributed by atoms with E-state index in [-0.39, 0.29) is 0 Å². The molecule has 1 heterocycles. The second kappa shape index (κ2) is 3.70. The standard InChI is InChI=1S/C10H8S3/c1-7-3-2-4-8(5-7)9-6-10(11)13-12-9/h2-6H,1H3. The minimum atomic E-state index is 0.974. The van der Waals surface area contributed by atoms with Crippen molar-refractivity contribution in [1.82, 2.24) is 0 Å². The summed E-state index contributed by atoms with van der Waals surface area (Å²) >= 11 is 5.09. The average molecular weight is 224 g/mol. The van der Waals surface area contributed by atoms with Crippen LogP contribution < -0.4 is 0 Å². The number of rotatable bonds is 1. The van der Waals surface area contributed by atoms with Gasteiger partial charge >= 0.3 is 0 Å². The molecule has 0 atom stereocenters. The van der Waals surface area contributed by atoms with Crippen molar-refractivity contribution >= 4 is 32.9 Å². The van der Waals surface area contributed by atoms with E-state index in [9.17, 15) is 0 Å². The van der Waals surface area contributed by atoms with Crippen LogP contribution in [0.15, 0.2) is 30.3 Å². The van der Waals surface area contributed by atoms with E-state index in [2.05, 4.69) is 37.3 Å². The predicted molar refractivity (Wildman–Crippen MR) is 63.2 cm³/mol. The van der Waals surface area contributed by atoms with E-state index >= 15 is 0 Å². The molecule has 13 heavy (non-hydrogen) atoms. The molecule has 3 heteroatoms. The van der Waals surface area contributed by atoms with Crippen LogP contribution in [0, 0.1) is 10.7 Å². The van der Waals surface area contributed by atoms with Gasteiger partial charge in [0.25, 0.3) is 0 Å². The van der Waals surface area contributed by atoms with E-state index in [0.717, 1.165) is 3.82 Å². The zero-order valence-electron chi connectivity index (χ0n) is 7.11. The Morgan fingerprint density at radius 3 is 2.62 bits per heavy atom. The van der Waals surface area contributed by atoms with Gasteiger partial charge in [0.05, 0.1) is 0 Å². The van der Waals surface area contributed by atoms with Gasteiger partial charge < -0.3 is 0 Å². The number of aryl methyl sites for hydroxylation is 1. The molecule has 0 amide bonds. The van der Waals surface area contributed by atoms with Gasteiger partial charge in [-0.05, 0) is 18.6 Å². The number of hydrogen-bond donors (Lipinski definition) is 0. The highest BCUT2D eigenvalue weighted by atomic mass is 32.9. The fourth-order valence-corrected chi connectivity index (χ4v) is 3.56. The highest BCUT2D eigenvalue weighted by Gasteiger charge is 1.99. The van der Waals surface area contributed by atoms with E-state index in [1.807, 2.05) is 0 Å². The van der Waals surface area contributed by atoms with E-state index < -0.39 is 0 Å². The summed E-state index contributed by atoms with van der Waals surface area (Å²) < 4.78 is 0.974. The van der Waals surface area contributed by atoms with Crippen LogP contribution in [-0.2, 0) is 0 Å². The third-order valence-corrected chi connectivity index (χ3v) is 4.68. The van der Waals surface area contributed by atoms with Crippen molar-refractivity contribution in [2.45, 2.75) is 6.92 Å². The summed E-state index contributed by atoms with van der Waals surface area (Å²) in [6.07, 6.45) is 0.